The van der Waals surface area contributed by atoms with Crippen LogP contribution in [0.2, 0.25) is 12.6 Å². The molecule has 0 fully saturated rings. The lowest BCUT2D eigenvalue weighted by Crippen LogP contribution is -2.38. The Balaban J connectivity index is 4.64. The third kappa shape index (κ3) is 14.4. The van der Waals surface area contributed by atoms with E-state index >= 15 is 0 Å². The molecule has 166 valence electrons. The SMILES string of the molecule is CO[Si](C)(CCCN(CCN=C(C)CC(C)C)CCN=C(C)CC(C)C)OC. The first-order valence-electron chi connectivity index (χ1n) is 10.9. The molecule has 0 heterocycles. The van der Waals surface area contributed by atoms with Gasteiger partial charge in [0.15, 0.2) is 0 Å². The number of rotatable bonds is 16. The van der Waals surface area contributed by atoms with Crippen LogP contribution < -0.4 is 0 Å². The van der Waals surface area contributed by atoms with Crippen LogP contribution in [0.4, 0.5) is 0 Å². The van der Waals surface area contributed by atoms with Crippen molar-refractivity contribution in [1.82, 2.24) is 4.90 Å². The summed E-state index contributed by atoms with van der Waals surface area (Å²) in [6.07, 6.45) is 3.27. The van der Waals surface area contributed by atoms with E-state index in [1.54, 1.807) is 14.2 Å². The Labute approximate surface area is 176 Å². The van der Waals surface area contributed by atoms with E-state index in [9.17, 15) is 0 Å². The van der Waals surface area contributed by atoms with E-state index in [1.807, 2.05) is 0 Å². The van der Waals surface area contributed by atoms with Gasteiger partial charge in [-0.1, -0.05) is 27.7 Å². The molecule has 0 saturated heterocycles. The minimum Gasteiger partial charge on any atom is -0.398 e. The molecule has 0 aliphatic heterocycles. The highest BCUT2D eigenvalue weighted by Gasteiger charge is 2.28. The summed E-state index contributed by atoms with van der Waals surface area (Å²) in [7, 11) is 1.56. The fourth-order valence-electron chi connectivity index (χ4n) is 3.32. The molecule has 0 bridgehead atoms. The highest BCUT2D eigenvalue weighted by Crippen LogP contribution is 2.14. The standard InChI is InChI=1S/C22H47N3O2Si/c1-19(2)17-21(5)23-11-14-25(13-10-16-28(9,26-7)27-8)15-12-24-22(6)18-20(3)4/h19-20H,10-18H2,1-9H3. The second-order valence-corrected chi connectivity index (χ2v) is 12.5. The van der Waals surface area contributed by atoms with Gasteiger partial charge in [0.1, 0.15) is 0 Å². The summed E-state index contributed by atoms with van der Waals surface area (Å²) in [6.45, 7) is 20.2. The van der Waals surface area contributed by atoms with E-state index in [-0.39, 0.29) is 0 Å². The van der Waals surface area contributed by atoms with Crippen molar-refractivity contribution in [2.24, 2.45) is 21.8 Å². The lowest BCUT2D eigenvalue weighted by atomic mass is 10.1. The quantitative estimate of drug-likeness (QED) is 0.262. The maximum atomic E-state index is 5.62. The lowest BCUT2D eigenvalue weighted by molar-refractivity contribution is 0.240. The third-order valence-corrected chi connectivity index (χ3v) is 7.96. The molecule has 0 rings (SSSR count). The molecule has 0 atom stereocenters. The molecule has 0 aromatic heterocycles. The van der Waals surface area contributed by atoms with Gasteiger partial charge in [-0.05, 0) is 64.1 Å². The highest BCUT2D eigenvalue weighted by molar-refractivity contribution is 6.65. The normalized spacial score (nSPS) is 14.0. The second kappa shape index (κ2) is 15.3. The number of hydrogen-bond acceptors (Lipinski definition) is 5. The van der Waals surface area contributed by atoms with Crippen LogP contribution in [-0.4, -0.2) is 71.8 Å². The first-order chi connectivity index (χ1) is 13.1. The van der Waals surface area contributed by atoms with Gasteiger partial charge in [-0.2, -0.15) is 0 Å². The summed E-state index contributed by atoms with van der Waals surface area (Å²) >= 11 is 0. The predicted molar refractivity (Wildman–Crippen MR) is 126 cm³/mol. The Morgan fingerprint density at radius 1 is 0.821 bits per heavy atom. The van der Waals surface area contributed by atoms with Crippen LogP contribution in [-0.2, 0) is 8.85 Å². The molecule has 28 heavy (non-hydrogen) atoms. The molecule has 0 unspecified atom stereocenters. The van der Waals surface area contributed by atoms with Gasteiger partial charge in [-0.3, -0.25) is 14.9 Å². The monoisotopic (exact) mass is 413 g/mol. The lowest BCUT2D eigenvalue weighted by Gasteiger charge is -2.25. The van der Waals surface area contributed by atoms with Gasteiger partial charge in [0.2, 0.25) is 0 Å². The van der Waals surface area contributed by atoms with Gasteiger partial charge in [-0.15, -0.1) is 0 Å². The minimum absolute atomic E-state index is 0.670. The van der Waals surface area contributed by atoms with Crippen molar-refractivity contribution in [2.75, 3.05) is 46.9 Å². The minimum atomic E-state index is -1.98. The van der Waals surface area contributed by atoms with E-state index in [0.29, 0.717) is 11.8 Å². The molecule has 0 N–H and O–H groups in total. The van der Waals surface area contributed by atoms with Gasteiger partial charge in [0, 0.05) is 38.7 Å². The van der Waals surface area contributed by atoms with Gasteiger partial charge in [0.05, 0.1) is 13.1 Å². The van der Waals surface area contributed by atoms with E-state index in [1.165, 1.54) is 11.4 Å². The molecule has 0 aromatic carbocycles. The van der Waals surface area contributed by atoms with Crippen molar-refractivity contribution in [3.05, 3.63) is 0 Å². The summed E-state index contributed by atoms with van der Waals surface area (Å²) in [5, 5.41) is 0. The first-order valence-corrected chi connectivity index (χ1v) is 13.5. The fourth-order valence-corrected chi connectivity index (χ4v) is 4.70. The molecule has 0 aliphatic carbocycles. The Kier molecular flexibility index (Phi) is 15.0. The summed E-state index contributed by atoms with van der Waals surface area (Å²) in [5.74, 6) is 1.34. The Morgan fingerprint density at radius 2 is 1.25 bits per heavy atom. The van der Waals surface area contributed by atoms with E-state index in [4.69, 9.17) is 18.8 Å². The van der Waals surface area contributed by atoms with E-state index in [0.717, 1.165) is 58.0 Å². The zero-order chi connectivity index (χ0) is 21.6. The Bertz CT molecular complexity index is 431. The molecule has 0 saturated carbocycles. The zero-order valence-electron chi connectivity index (χ0n) is 20.2. The highest BCUT2D eigenvalue weighted by atomic mass is 28.4. The average molecular weight is 414 g/mol. The van der Waals surface area contributed by atoms with Crippen LogP contribution in [0.5, 0.6) is 0 Å². The molecule has 0 aromatic rings. The molecule has 6 heteroatoms. The zero-order valence-corrected chi connectivity index (χ0v) is 21.2. The van der Waals surface area contributed by atoms with E-state index in [2.05, 4.69) is 53.0 Å². The van der Waals surface area contributed by atoms with Gasteiger partial charge >= 0.3 is 8.56 Å². The topological polar surface area (TPSA) is 46.4 Å². The van der Waals surface area contributed by atoms with Crippen LogP contribution in [0, 0.1) is 11.8 Å². The first kappa shape index (κ1) is 27.4. The molecule has 0 spiro atoms. The third-order valence-electron chi connectivity index (χ3n) is 4.97. The van der Waals surface area contributed by atoms with Gasteiger partial charge in [0.25, 0.3) is 0 Å². The molecule has 0 radical (unpaired) electrons. The van der Waals surface area contributed by atoms with Crippen LogP contribution in [0.15, 0.2) is 9.98 Å². The van der Waals surface area contributed by atoms with Crippen LogP contribution in [0.1, 0.15) is 60.8 Å². The van der Waals surface area contributed by atoms with Crippen molar-refractivity contribution in [3.8, 4) is 0 Å². The van der Waals surface area contributed by atoms with Crippen molar-refractivity contribution < 1.29 is 8.85 Å². The Morgan fingerprint density at radius 3 is 1.61 bits per heavy atom. The van der Waals surface area contributed by atoms with Gasteiger partial charge in [-0.25, -0.2) is 0 Å². The average Bonchev–Trinajstić information content (AvgIpc) is 2.59. The van der Waals surface area contributed by atoms with Crippen LogP contribution in [0.3, 0.4) is 0 Å². The largest absolute Gasteiger partial charge is 0.398 e. The van der Waals surface area contributed by atoms with Crippen molar-refractivity contribution in [1.29, 1.82) is 0 Å². The second-order valence-electron chi connectivity index (χ2n) is 8.92. The van der Waals surface area contributed by atoms with Crippen LogP contribution in [0.25, 0.3) is 0 Å². The molecule has 0 amide bonds. The van der Waals surface area contributed by atoms with E-state index < -0.39 is 8.56 Å². The molecular formula is C22H47N3O2Si. The maximum absolute atomic E-state index is 5.62. The summed E-state index contributed by atoms with van der Waals surface area (Å²) < 4.78 is 11.2. The fraction of sp³-hybridized carbons (Fsp3) is 0.909. The summed E-state index contributed by atoms with van der Waals surface area (Å²) in [6, 6.07) is 1.02. The van der Waals surface area contributed by atoms with Crippen molar-refractivity contribution in [2.45, 2.75) is 73.4 Å². The smallest absolute Gasteiger partial charge is 0.334 e. The van der Waals surface area contributed by atoms with Crippen molar-refractivity contribution >= 4 is 20.0 Å². The Hall–Kier alpha value is -0.563. The number of aliphatic imine (C=N–C) groups is 2. The number of nitrogens with zero attached hydrogens (tertiary/aromatic N) is 3. The van der Waals surface area contributed by atoms with Crippen LogP contribution >= 0.6 is 0 Å². The molecule has 0 aliphatic rings. The maximum Gasteiger partial charge on any atom is 0.334 e. The summed E-state index contributed by atoms with van der Waals surface area (Å²) in [5.41, 5.74) is 2.53. The van der Waals surface area contributed by atoms with Gasteiger partial charge < -0.3 is 8.85 Å². The number of hydrogen-bond donors (Lipinski definition) is 0. The predicted octanol–water partition coefficient (Wildman–Crippen LogP) is 5.06. The molecular weight excluding hydrogens is 366 g/mol. The molecule has 5 nitrogen and oxygen atoms in total. The summed E-state index contributed by atoms with van der Waals surface area (Å²) in [4.78, 5) is 12.0. The van der Waals surface area contributed by atoms with Crippen molar-refractivity contribution in [3.63, 3.8) is 0 Å².